The Labute approximate surface area is 138 Å². The van der Waals surface area contributed by atoms with Crippen LogP contribution < -0.4 is 5.73 Å². The largest absolute Gasteiger partial charge is 0.331 e. The van der Waals surface area contributed by atoms with Crippen molar-refractivity contribution in [1.29, 1.82) is 0 Å². The highest BCUT2D eigenvalue weighted by molar-refractivity contribution is 5.94. The zero-order valence-corrected chi connectivity index (χ0v) is 13.9. The lowest BCUT2D eigenvalue weighted by molar-refractivity contribution is 0.0730. The maximum atomic E-state index is 12.9. The molecule has 3 heteroatoms. The summed E-state index contributed by atoms with van der Waals surface area (Å²) in [5, 5.41) is 0. The first-order valence-electron chi connectivity index (χ1n) is 8.24. The van der Waals surface area contributed by atoms with Crippen LogP contribution in [0.25, 0.3) is 0 Å². The number of rotatable bonds is 5. The molecule has 0 unspecified atom stereocenters. The monoisotopic (exact) mass is 308 g/mol. The molecular weight excluding hydrogens is 284 g/mol. The Morgan fingerprint density at radius 3 is 2.26 bits per heavy atom. The minimum absolute atomic E-state index is 0.120. The molecule has 0 spiro atoms. The quantitative estimate of drug-likeness (QED) is 0.918. The first-order chi connectivity index (χ1) is 11.1. The summed E-state index contributed by atoms with van der Waals surface area (Å²) in [7, 11) is 0. The molecule has 0 radical (unpaired) electrons. The van der Waals surface area contributed by atoms with Crippen molar-refractivity contribution in [3.8, 4) is 0 Å². The fourth-order valence-electron chi connectivity index (χ4n) is 2.80. The molecular formula is C20H24N2O. The van der Waals surface area contributed by atoms with Crippen molar-refractivity contribution in [2.75, 3.05) is 0 Å². The molecule has 0 bridgehead atoms. The second-order valence-electron chi connectivity index (χ2n) is 6.48. The van der Waals surface area contributed by atoms with E-state index in [0.717, 1.165) is 24.0 Å². The normalized spacial score (nSPS) is 13.9. The highest BCUT2D eigenvalue weighted by Gasteiger charge is 2.33. The van der Waals surface area contributed by atoms with Gasteiger partial charge < -0.3 is 10.6 Å². The van der Waals surface area contributed by atoms with Crippen LogP contribution in [0.15, 0.2) is 42.5 Å². The number of nitrogens with zero attached hydrogens (tertiary/aromatic N) is 1. The van der Waals surface area contributed by atoms with Crippen LogP contribution in [0, 0.1) is 13.8 Å². The molecule has 2 aromatic rings. The summed E-state index contributed by atoms with van der Waals surface area (Å²) in [6, 6.07) is 14.5. The zero-order valence-electron chi connectivity index (χ0n) is 13.9. The molecule has 1 aliphatic rings. The van der Waals surface area contributed by atoms with Crippen LogP contribution >= 0.6 is 0 Å². The van der Waals surface area contributed by atoms with Gasteiger partial charge in [-0.1, -0.05) is 30.3 Å². The Bertz CT molecular complexity index is 702. The van der Waals surface area contributed by atoms with Crippen LogP contribution in [0.1, 0.15) is 45.5 Å². The Morgan fingerprint density at radius 2 is 1.70 bits per heavy atom. The average Bonchev–Trinajstić information content (AvgIpc) is 3.40. The second-order valence-corrected chi connectivity index (χ2v) is 6.48. The molecule has 0 heterocycles. The second kappa shape index (κ2) is 6.55. The van der Waals surface area contributed by atoms with E-state index in [-0.39, 0.29) is 5.91 Å². The molecule has 0 atom stereocenters. The van der Waals surface area contributed by atoms with Gasteiger partial charge in [0.15, 0.2) is 0 Å². The Balaban J connectivity index is 1.80. The van der Waals surface area contributed by atoms with Crippen LogP contribution in [0.5, 0.6) is 0 Å². The number of benzene rings is 2. The number of amides is 1. The molecule has 3 rings (SSSR count). The summed E-state index contributed by atoms with van der Waals surface area (Å²) in [5.41, 5.74) is 11.2. The fraction of sp³-hybridized carbons (Fsp3) is 0.350. The van der Waals surface area contributed by atoms with E-state index in [2.05, 4.69) is 32.0 Å². The summed E-state index contributed by atoms with van der Waals surface area (Å²) in [6.07, 6.45) is 2.22. The Kier molecular flexibility index (Phi) is 4.49. The van der Waals surface area contributed by atoms with Crippen LogP contribution in [0.3, 0.4) is 0 Å². The Morgan fingerprint density at radius 1 is 1.04 bits per heavy atom. The third kappa shape index (κ3) is 3.62. The van der Waals surface area contributed by atoms with E-state index in [1.165, 1.54) is 16.7 Å². The number of carbonyl (C=O) groups excluding carboxylic acids is 1. The Hall–Kier alpha value is -2.13. The van der Waals surface area contributed by atoms with E-state index >= 15 is 0 Å². The van der Waals surface area contributed by atoms with Crippen LogP contribution in [-0.2, 0) is 13.1 Å². The van der Waals surface area contributed by atoms with E-state index in [0.29, 0.717) is 19.1 Å². The van der Waals surface area contributed by atoms with Crippen molar-refractivity contribution < 1.29 is 4.79 Å². The van der Waals surface area contributed by atoms with Gasteiger partial charge in [-0.15, -0.1) is 0 Å². The molecule has 3 nitrogen and oxygen atoms in total. The average molecular weight is 308 g/mol. The molecule has 1 saturated carbocycles. The first-order valence-corrected chi connectivity index (χ1v) is 8.24. The molecule has 2 aromatic carbocycles. The third-order valence-corrected chi connectivity index (χ3v) is 4.61. The molecule has 0 aliphatic heterocycles. The molecule has 1 aliphatic carbocycles. The van der Waals surface area contributed by atoms with Gasteiger partial charge in [-0.2, -0.15) is 0 Å². The number of carbonyl (C=O) groups is 1. The minimum atomic E-state index is 0.120. The van der Waals surface area contributed by atoms with E-state index in [4.69, 9.17) is 5.73 Å². The third-order valence-electron chi connectivity index (χ3n) is 4.61. The van der Waals surface area contributed by atoms with Gasteiger partial charge in [0.1, 0.15) is 0 Å². The number of hydrogen-bond acceptors (Lipinski definition) is 2. The number of nitrogens with two attached hydrogens (primary N) is 1. The smallest absolute Gasteiger partial charge is 0.254 e. The van der Waals surface area contributed by atoms with Crippen molar-refractivity contribution in [2.24, 2.45) is 5.73 Å². The lowest BCUT2D eigenvalue weighted by atomic mass is 10.1. The lowest BCUT2D eigenvalue weighted by Gasteiger charge is -2.23. The highest BCUT2D eigenvalue weighted by Crippen LogP contribution is 2.30. The number of hydrogen-bond donors (Lipinski definition) is 1. The summed E-state index contributed by atoms with van der Waals surface area (Å²) in [4.78, 5) is 14.9. The molecule has 1 fully saturated rings. The molecule has 120 valence electrons. The SMILES string of the molecule is Cc1ccc(CN(C(=O)c2ccc(CN)cc2)C2CC2)cc1C. The topological polar surface area (TPSA) is 46.3 Å². The van der Waals surface area contributed by atoms with Gasteiger partial charge in [-0.25, -0.2) is 0 Å². The van der Waals surface area contributed by atoms with Gasteiger partial charge in [0.25, 0.3) is 5.91 Å². The van der Waals surface area contributed by atoms with Gasteiger partial charge in [-0.3, -0.25) is 4.79 Å². The molecule has 2 N–H and O–H groups in total. The summed E-state index contributed by atoms with van der Waals surface area (Å²) in [5.74, 6) is 0.120. The maximum Gasteiger partial charge on any atom is 0.254 e. The van der Waals surface area contributed by atoms with Gasteiger partial charge in [0.05, 0.1) is 0 Å². The molecule has 1 amide bonds. The zero-order chi connectivity index (χ0) is 16.4. The van der Waals surface area contributed by atoms with Gasteiger partial charge in [0, 0.05) is 24.7 Å². The van der Waals surface area contributed by atoms with Gasteiger partial charge in [-0.05, 0) is 61.1 Å². The fourth-order valence-corrected chi connectivity index (χ4v) is 2.80. The van der Waals surface area contributed by atoms with Crippen molar-refractivity contribution in [2.45, 2.75) is 45.8 Å². The molecule has 23 heavy (non-hydrogen) atoms. The lowest BCUT2D eigenvalue weighted by Crippen LogP contribution is -2.32. The van der Waals surface area contributed by atoms with Gasteiger partial charge in [0.2, 0.25) is 0 Å². The van der Waals surface area contributed by atoms with Crippen LogP contribution in [-0.4, -0.2) is 16.8 Å². The summed E-state index contributed by atoms with van der Waals surface area (Å²) in [6.45, 7) is 5.42. The predicted octanol–water partition coefficient (Wildman–Crippen LogP) is 3.57. The van der Waals surface area contributed by atoms with Gasteiger partial charge >= 0.3 is 0 Å². The van der Waals surface area contributed by atoms with E-state index in [1.807, 2.05) is 29.2 Å². The predicted molar refractivity (Wildman–Crippen MR) is 93.1 cm³/mol. The van der Waals surface area contributed by atoms with Crippen LogP contribution in [0.4, 0.5) is 0 Å². The van der Waals surface area contributed by atoms with Crippen molar-refractivity contribution in [1.82, 2.24) is 4.90 Å². The van der Waals surface area contributed by atoms with E-state index < -0.39 is 0 Å². The standard InChI is InChI=1S/C20H24N2O/c1-14-3-4-17(11-15(14)2)13-22(19-9-10-19)20(23)18-7-5-16(12-21)6-8-18/h3-8,11,19H,9-10,12-13,21H2,1-2H3. The summed E-state index contributed by atoms with van der Waals surface area (Å²) < 4.78 is 0. The van der Waals surface area contributed by atoms with E-state index in [9.17, 15) is 4.79 Å². The first kappa shape index (κ1) is 15.8. The molecule has 0 saturated heterocycles. The maximum absolute atomic E-state index is 12.9. The molecule has 0 aromatic heterocycles. The van der Waals surface area contributed by atoms with Crippen molar-refractivity contribution >= 4 is 5.91 Å². The van der Waals surface area contributed by atoms with Crippen molar-refractivity contribution in [3.63, 3.8) is 0 Å². The highest BCUT2D eigenvalue weighted by atomic mass is 16.2. The summed E-state index contributed by atoms with van der Waals surface area (Å²) >= 11 is 0. The van der Waals surface area contributed by atoms with E-state index in [1.54, 1.807) is 0 Å². The number of aryl methyl sites for hydroxylation is 2. The minimum Gasteiger partial charge on any atom is -0.331 e. The van der Waals surface area contributed by atoms with Crippen LogP contribution in [0.2, 0.25) is 0 Å². The van der Waals surface area contributed by atoms with Crippen molar-refractivity contribution in [3.05, 3.63) is 70.3 Å².